The first-order chi connectivity index (χ1) is 19.6. The lowest BCUT2D eigenvalue weighted by molar-refractivity contribution is 1.17. The molecule has 1 heterocycles. The van der Waals surface area contributed by atoms with Crippen LogP contribution in [0.3, 0.4) is 0 Å². The Labute approximate surface area is 243 Å². The molecule has 0 aliphatic carbocycles. The summed E-state index contributed by atoms with van der Waals surface area (Å²) in [7, 11) is 0. The lowest BCUT2D eigenvalue weighted by atomic mass is 9.96. The van der Waals surface area contributed by atoms with Crippen LogP contribution in [0.2, 0.25) is 0 Å². The van der Waals surface area contributed by atoms with E-state index in [0.717, 1.165) is 4.47 Å². The van der Waals surface area contributed by atoms with Crippen LogP contribution in [0.4, 0.5) is 0 Å². The van der Waals surface area contributed by atoms with Crippen LogP contribution in [-0.2, 0) is 0 Å². The number of benzene rings is 6. The molecule has 2 heteroatoms. The largest absolute Gasteiger partial charge is 0.309 e. The third-order valence-electron chi connectivity index (χ3n) is 7.93. The Kier molecular flexibility index (Phi) is 6.14. The zero-order chi connectivity index (χ0) is 27.2. The van der Waals surface area contributed by atoms with E-state index in [2.05, 4.69) is 168 Å². The average Bonchev–Trinajstić information content (AvgIpc) is 3.31. The number of aromatic nitrogens is 1. The summed E-state index contributed by atoms with van der Waals surface area (Å²) in [6.45, 7) is 4.40. The van der Waals surface area contributed by atoms with E-state index >= 15 is 0 Å². The highest BCUT2D eigenvalue weighted by Crippen LogP contribution is 2.37. The minimum atomic E-state index is 1.09. The second-order valence-corrected chi connectivity index (χ2v) is 11.4. The highest BCUT2D eigenvalue weighted by atomic mass is 79.9. The van der Waals surface area contributed by atoms with Gasteiger partial charge in [-0.25, -0.2) is 0 Å². The highest BCUT2D eigenvalue weighted by molar-refractivity contribution is 9.10. The van der Waals surface area contributed by atoms with Gasteiger partial charge in [-0.15, -0.1) is 0 Å². The van der Waals surface area contributed by atoms with Crippen LogP contribution >= 0.6 is 15.9 Å². The van der Waals surface area contributed by atoms with Crippen LogP contribution < -0.4 is 0 Å². The molecular weight excluding hydrogens is 550 g/mol. The predicted octanol–water partition coefficient (Wildman–Crippen LogP) is 11.2. The molecule has 1 aromatic heterocycles. The van der Waals surface area contributed by atoms with Gasteiger partial charge in [0, 0.05) is 20.9 Å². The standard InChI is InChI=1S/C38H28BrN/c1-25-9-3-4-14-33(25)34-19-18-32(21-26(34)2)40-37-16-6-5-15-35(37)36-24-30(17-20-38(36)40)28-11-7-10-27(22-28)29-12-8-13-31(39)23-29/h3-24H,1-2H3. The van der Waals surface area contributed by atoms with E-state index in [0.29, 0.717) is 0 Å². The Morgan fingerprint density at radius 3 is 1.88 bits per heavy atom. The number of nitrogens with zero attached hydrogens (tertiary/aromatic N) is 1. The Morgan fingerprint density at radius 1 is 0.450 bits per heavy atom. The molecule has 7 rings (SSSR count). The molecule has 7 aromatic rings. The van der Waals surface area contributed by atoms with E-state index in [1.54, 1.807) is 0 Å². The van der Waals surface area contributed by atoms with Gasteiger partial charge in [-0.1, -0.05) is 101 Å². The van der Waals surface area contributed by atoms with Gasteiger partial charge in [-0.05, 0) is 107 Å². The van der Waals surface area contributed by atoms with Crippen molar-refractivity contribution in [1.29, 1.82) is 0 Å². The van der Waals surface area contributed by atoms with Gasteiger partial charge in [0.1, 0.15) is 0 Å². The zero-order valence-electron chi connectivity index (χ0n) is 22.5. The Balaban J connectivity index is 1.37. The van der Waals surface area contributed by atoms with Crippen molar-refractivity contribution in [3.8, 4) is 39.1 Å². The molecule has 0 atom stereocenters. The van der Waals surface area contributed by atoms with Gasteiger partial charge in [0.2, 0.25) is 0 Å². The lowest BCUT2D eigenvalue weighted by Crippen LogP contribution is -1.96. The number of aryl methyl sites for hydroxylation is 2. The van der Waals surface area contributed by atoms with Crippen LogP contribution in [0.1, 0.15) is 11.1 Å². The molecular formula is C38H28BrN. The van der Waals surface area contributed by atoms with Crippen molar-refractivity contribution in [3.05, 3.63) is 149 Å². The number of rotatable bonds is 4. The minimum absolute atomic E-state index is 1.09. The summed E-state index contributed by atoms with van der Waals surface area (Å²) < 4.78 is 3.49. The number of hydrogen-bond donors (Lipinski definition) is 0. The molecule has 0 saturated heterocycles. The molecule has 0 amide bonds. The van der Waals surface area contributed by atoms with Gasteiger partial charge in [-0.2, -0.15) is 0 Å². The van der Waals surface area contributed by atoms with Gasteiger partial charge in [0.15, 0.2) is 0 Å². The maximum absolute atomic E-state index is 3.62. The summed E-state index contributed by atoms with van der Waals surface area (Å²) in [5, 5.41) is 2.53. The summed E-state index contributed by atoms with van der Waals surface area (Å²) in [6, 6.07) is 48.4. The fourth-order valence-corrected chi connectivity index (χ4v) is 6.34. The first-order valence-electron chi connectivity index (χ1n) is 13.6. The first-order valence-corrected chi connectivity index (χ1v) is 14.4. The molecule has 0 spiro atoms. The summed E-state index contributed by atoms with van der Waals surface area (Å²) in [4.78, 5) is 0. The molecule has 1 nitrogen and oxygen atoms in total. The SMILES string of the molecule is Cc1ccccc1-c1ccc(-n2c3ccccc3c3cc(-c4cccc(-c5cccc(Br)c5)c4)ccc32)cc1C. The van der Waals surface area contributed by atoms with E-state index in [1.165, 1.54) is 72.0 Å². The monoisotopic (exact) mass is 577 g/mol. The van der Waals surface area contributed by atoms with Crippen molar-refractivity contribution >= 4 is 37.7 Å². The minimum Gasteiger partial charge on any atom is -0.309 e. The van der Waals surface area contributed by atoms with Gasteiger partial charge < -0.3 is 4.57 Å². The van der Waals surface area contributed by atoms with Crippen molar-refractivity contribution in [1.82, 2.24) is 4.57 Å². The summed E-state index contributed by atoms with van der Waals surface area (Å²) >= 11 is 3.62. The van der Waals surface area contributed by atoms with Crippen LogP contribution in [-0.4, -0.2) is 4.57 Å². The van der Waals surface area contributed by atoms with E-state index in [9.17, 15) is 0 Å². The second kappa shape index (κ2) is 9.97. The van der Waals surface area contributed by atoms with Crippen LogP contribution in [0.5, 0.6) is 0 Å². The van der Waals surface area contributed by atoms with Crippen molar-refractivity contribution in [2.75, 3.05) is 0 Å². The Bertz CT molecular complexity index is 2050. The van der Waals surface area contributed by atoms with Crippen LogP contribution in [0.15, 0.2) is 138 Å². The summed E-state index contributed by atoms with van der Waals surface area (Å²) in [6.07, 6.45) is 0. The quantitative estimate of drug-likeness (QED) is 0.196. The maximum atomic E-state index is 3.62. The smallest absolute Gasteiger partial charge is 0.0541 e. The predicted molar refractivity (Wildman–Crippen MR) is 174 cm³/mol. The second-order valence-electron chi connectivity index (χ2n) is 10.5. The van der Waals surface area contributed by atoms with E-state index in [4.69, 9.17) is 0 Å². The highest BCUT2D eigenvalue weighted by Gasteiger charge is 2.15. The Morgan fingerprint density at radius 2 is 1.10 bits per heavy atom. The average molecular weight is 579 g/mol. The fourth-order valence-electron chi connectivity index (χ4n) is 5.94. The maximum Gasteiger partial charge on any atom is 0.0541 e. The van der Waals surface area contributed by atoms with Crippen molar-refractivity contribution in [3.63, 3.8) is 0 Å². The summed E-state index contributed by atoms with van der Waals surface area (Å²) in [5.41, 5.74) is 13.6. The first kappa shape index (κ1) is 24.6. The van der Waals surface area contributed by atoms with E-state index in [-0.39, 0.29) is 0 Å². The molecule has 0 bridgehead atoms. The molecule has 0 aliphatic heterocycles. The van der Waals surface area contributed by atoms with E-state index in [1.807, 2.05) is 0 Å². The lowest BCUT2D eigenvalue weighted by Gasteiger charge is -2.14. The topological polar surface area (TPSA) is 4.93 Å². The third-order valence-corrected chi connectivity index (χ3v) is 8.42. The number of fused-ring (bicyclic) bond motifs is 3. The van der Waals surface area contributed by atoms with Crippen molar-refractivity contribution < 1.29 is 0 Å². The van der Waals surface area contributed by atoms with Gasteiger partial charge in [0.25, 0.3) is 0 Å². The number of halogens is 1. The van der Waals surface area contributed by atoms with Gasteiger partial charge in [-0.3, -0.25) is 0 Å². The van der Waals surface area contributed by atoms with Gasteiger partial charge in [0.05, 0.1) is 11.0 Å². The van der Waals surface area contributed by atoms with Crippen molar-refractivity contribution in [2.24, 2.45) is 0 Å². The van der Waals surface area contributed by atoms with Crippen LogP contribution in [0, 0.1) is 13.8 Å². The molecule has 0 saturated carbocycles. The molecule has 0 radical (unpaired) electrons. The molecule has 192 valence electrons. The van der Waals surface area contributed by atoms with E-state index < -0.39 is 0 Å². The number of hydrogen-bond acceptors (Lipinski definition) is 0. The summed E-state index contributed by atoms with van der Waals surface area (Å²) in [5.74, 6) is 0. The molecule has 0 aliphatic rings. The molecule has 40 heavy (non-hydrogen) atoms. The van der Waals surface area contributed by atoms with Gasteiger partial charge >= 0.3 is 0 Å². The molecule has 6 aromatic carbocycles. The molecule has 0 fully saturated rings. The molecule has 0 unspecified atom stereocenters. The number of para-hydroxylation sites is 1. The zero-order valence-corrected chi connectivity index (χ0v) is 24.1. The molecule has 0 N–H and O–H groups in total. The Hall–Kier alpha value is -4.40. The van der Waals surface area contributed by atoms with Crippen molar-refractivity contribution in [2.45, 2.75) is 13.8 Å². The third kappa shape index (κ3) is 4.26. The normalized spacial score (nSPS) is 11.4. The fraction of sp³-hybridized carbons (Fsp3) is 0.0526. The van der Waals surface area contributed by atoms with Crippen LogP contribution in [0.25, 0.3) is 60.9 Å².